The summed E-state index contributed by atoms with van der Waals surface area (Å²) >= 11 is 7.20. The van der Waals surface area contributed by atoms with Gasteiger partial charge < -0.3 is 5.11 Å². The first-order valence-electron chi connectivity index (χ1n) is 12.2. The van der Waals surface area contributed by atoms with E-state index < -0.39 is 18.4 Å². The normalized spacial score (nSPS) is 16.2. The van der Waals surface area contributed by atoms with Gasteiger partial charge in [-0.15, -0.1) is 11.3 Å². The monoisotopic (exact) mass is 519 g/mol. The Hall–Kier alpha value is -3.06. The Balaban J connectivity index is 1.58. The van der Waals surface area contributed by atoms with E-state index >= 15 is 0 Å². The first-order chi connectivity index (χ1) is 17.5. The average Bonchev–Trinajstić information content (AvgIpc) is 3.38. The minimum Gasteiger partial charge on any atom is -0.392 e. The summed E-state index contributed by atoms with van der Waals surface area (Å²) < 4.78 is 0. The van der Waals surface area contributed by atoms with Gasteiger partial charge in [0.1, 0.15) is 5.00 Å². The number of aliphatic hydroxyl groups excluding tert-OH is 1. The summed E-state index contributed by atoms with van der Waals surface area (Å²) in [6, 6.07) is 13.1. The summed E-state index contributed by atoms with van der Waals surface area (Å²) in [5, 5.41) is 11.1. The number of anilines is 1. The van der Waals surface area contributed by atoms with E-state index in [1.54, 1.807) is 48.5 Å². The predicted octanol–water partition coefficient (Wildman–Crippen LogP) is 6.91. The number of halogens is 1. The number of allylic oxidation sites excluding steroid dienone is 1. The molecule has 0 unspecified atom stereocenters. The Labute approximate surface area is 219 Å². The van der Waals surface area contributed by atoms with Gasteiger partial charge in [0, 0.05) is 21.0 Å². The molecule has 0 atom stereocenters. The van der Waals surface area contributed by atoms with E-state index in [1.807, 2.05) is 6.08 Å². The lowest BCUT2D eigenvalue weighted by atomic mass is 9.87. The molecule has 1 aliphatic carbocycles. The van der Waals surface area contributed by atoms with Crippen molar-refractivity contribution in [2.75, 3.05) is 4.90 Å². The molecule has 1 fully saturated rings. The van der Waals surface area contributed by atoms with Crippen LogP contribution in [0.5, 0.6) is 0 Å². The van der Waals surface area contributed by atoms with Crippen molar-refractivity contribution in [1.82, 2.24) is 0 Å². The van der Waals surface area contributed by atoms with Crippen molar-refractivity contribution in [2.24, 2.45) is 5.92 Å². The van der Waals surface area contributed by atoms with Crippen LogP contribution in [0.3, 0.4) is 0 Å². The largest absolute Gasteiger partial charge is 0.392 e. The van der Waals surface area contributed by atoms with Gasteiger partial charge in [-0.05, 0) is 54.8 Å². The molecule has 0 spiro atoms. The summed E-state index contributed by atoms with van der Waals surface area (Å²) in [4.78, 5) is 42.1. The van der Waals surface area contributed by atoms with Crippen molar-refractivity contribution < 1.29 is 19.5 Å². The fourth-order valence-electron chi connectivity index (χ4n) is 5.06. The Kier molecular flexibility index (Phi) is 7.19. The maximum Gasteiger partial charge on any atom is 0.266 e. The highest BCUT2D eigenvalue weighted by Gasteiger charge is 2.40. The number of thiophene rings is 1. The van der Waals surface area contributed by atoms with E-state index in [9.17, 15) is 19.5 Å². The number of benzene rings is 2. The number of amides is 2. The van der Waals surface area contributed by atoms with Gasteiger partial charge in [0.15, 0.2) is 5.78 Å². The highest BCUT2D eigenvalue weighted by molar-refractivity contribution is 7.18. The minimum atomic E-state index is -0.468. The smallest absolute Gasteiger partial charge is 0.266 e. The lowest BCUT2D eigenvalue weighted by Crippen LogP contribution is -2.30. The summed E-state index contributed by atoms with van der Waals surface area (Å²) in [7, 11) is 0. The standard InChI is InChI=1S/C29H26ClNO4S/c30-20-15-13-19(14-16-20)26(33)25-23(17-32)24(12-6-9-18-7-2-1-3-8-18)36-29(25)31-27(34)21-10-4-5-11-22(21)28(31)35/h4-6,10-16,18,32H,1-3,7-9,17H2/b12-6+. The van der Waals surface area contributed by atoms with Crippen molar-refractivity contribution >= 4 is 51.6 Å². The summed E-state index contributed by atoms with van der Waals surface area (Å²) in [5.74, 6) is -0.669. The molecule has 5 nitrogen and oxygen atoms in total. The Morgan fingerprint density at radius 3 is 2.25 bits per heavy atom. The van der Waals surface area contributed by atoms with Gasteiger partial charge in [-0.25, -0.2) is 4.90 Å². The van der Waals surface area contributed by atoms with Crippen LogP contribution in [0.2, 0.25) is 5.02 Å². The Bertz CT molecular complexity index is 1320. The van der Waals surface area contributed by atoms with Gasteiger partial charge in [0.2, 0.25) is 0 Å². The zero-order valence-electron chi connectivity index (χ0n) is 19.7. The first-order valence-corrected chi connectivity index (χ1v) is 13.4. The maximum atomic E-state index is 13.7. The van der Waals surface area contributed by atoms with Gasteiger partial charge in [-0.1, -0.05) is 61.9 Å². The van der Waals surface area contributed by atoms with Crippen molar-refractivity contribution in [3.8, 4) is 0 Å². The van der Waals surface area contributed by atoms with E-state index in [4.69, 9.17) is 11.6 Å². The molecule has 1 aliphatic heterocycles. The molecule has 184 valence electrons. The molecular weight excluding hydrogens is 494 g/mol. The number of fused-ring (bicyclic) bond motifs is 1. The molecule has 1 aromatic heterocycles. The highest BCUT2D eigenvalue weighted by atomic mass is 35.5. The van der Waals surface area contributed by atoms with Gasteiger partial charge in [0.25, 0.3) is 11.8 Å². The molecule has 36 heavy (non-hydrogen) atoms. The second-order valence-electron chi connectivity index (χ2n) is 9.25. The third kappa shape index (κ3) is 4.57. The molecule has 0 radical (unpaired) electrons. The van der Waals surface area contributed by atoms with E-state index in [2.05, 4.69) is 6.08 Å². The Morgan fingerprint density at radius 1 is 1.00 bits per heavy atom. The van der Waals surface area contributed by atoms with E-state index in [0.29, 0.717) is 38.1 Å². The number of imide groups is 1. The number of nitrogens with zero attached hydrogens (tertiary/aromatic N) is 1. The van der Waals surface area contributed by atoms with Crippen molar-refractivity contribution in [3.63, 3.8) is 0 Å². The third-order valence-electron chi connectivity index (χ3n) is 6.97. The number of ketones is 1. The van der Waals surface area contributed by atoms with Crippen LogP contribution in [0.4, 0.5) is 5.00 Å². The van der Waals surface area contributed by atoms with E-state index in [1.165, 1.54) is 43.4 Å². The maximum absolute atomic E-state index is 13.7. The summed E-state index contributed by atoms with van der Waals surface area (Å²) in [6.07, 6.45) is 11.1. The van der Waals surface area contributed by atoms with Crippen LogP contribution in [0.1, 0.15) is 85.6 Å². The number of hydrogen-bond donors (Lipinski definition) is 1. The van der Waals surface area contributed by atoms with Crippen LogP contribution in [0, 0.1) is 5.92 Å². The van der Waals surface area contributed by atoms with Crippen LogP contribution < -0.4 is 4.90 Å². The molecule has 2 amide bonds. The fraction of sp³-hybridized carbons (Fsp3) is 0.276. The lowest BCUT2D eigenvalue weighted by Gasteiger charge is -2.19. The SMILES string of the molecule is O=C(c1ccc(Cl)cc1)c1c(N2C(=O)c3ccccc3C2=O)sc(/C=C/CC2CCCCC2)c1CO. The molecule has 1 N–H and O–H groups in total. The molecule has 5 rings (SSSR count). The van der Waals surface area contributed by atoms with Crippen LogP contribution in [0.25, 0.3) is 6.08 Å². The van der Waals surface area contributed by atoms with Gasteiger partial charge in [-0.3, -0.25) is 14.4 Å². The number of hydrogen-bond acceptors (Lipinski definition) is 5. The molecule has 1 saturated carbocycles. The van der Waals surface area contributed by atoms with E-state index in [0.717, 1.165) is 11.3 Å². The average molecular weight is 520 g/mol. The number of carbonyl (C=O) groups is 3. The lowest BCUT2D eigenvalue weighted by molar-refractivity contribution is 0.0927. The molecule has 3 aromatic rings. The number of aliphatic hydroxyl groups is 1. The summed E-state index contributed by atoms with van der Waals surface area (Å²) in [6.45, 7) is -0.391. The summed E-state index contributed by atoms with van der Waals surface area (Å²) in [5.41, 5.74) is 1.58. The van der Waals surface area contributed by atoms with Crippen molar-refractivity contribution in [3.05, 3.63) is 92.3 Å². The zero-order chi connectivity index (χ0) is 25.2. The molecule has 2 aliphatic rings. The highest BCUT2D eigenvalue weighted by Crippen LogP contribution is 2.42. The predicted molar refractivity (Wildman–Crippen MR) is 143 cm³/mol. The second kappa shape index (κ2) is 10.5. The fourth-order valence-corrected chi connectivity index (χ4v) is 6.43. The van der Waals surface area contributed by atoms with Gasteiger partial charge in [0.05, 0.1) is 23.3 Å². The van der Waals surface area contributed by atoms with E-state index in [-0.39, 0.29) is 16.3 Å². The Morgan fingerprint density at radius 2 is 1.64 bits per heavy atom. The van der Waals surface area contributed by atoms with Gasteiger partial charge >= 0.3 is 0 Å². The van der Waals surface area contributed by atoms with Gasteiger partial charge in [-0.2, -0.15) is 0 Å². The van der Waals surface area contributed by atoms with Crippen molar-refractivity contribution in [2.45, 2.75) is 45.1 Å². The molecule has 7 heteroatoms. The molecule has 0 bridgehead atoms. The van der Waals surface area contributed by atoms with Crippen LogP contribution in [-0.4, -0.2) is 22.7 Å². The van der Waals surface area contributed by atoms with Crippen LogP contribution >= 0.6 is 22.9 Å². The molecule has 0 saturated heterocycles. The van der Waals surface area contributed by atoms with Crippen LogP contribution in [0.15, 0.2) is 54.6 Å². The zero-order valence-corrected chi connectivity index (χ0v) is 21.3. The van der Waals surface area contributed by atoms with Crippen molar-refractivity contribution in [1.29, 1.82) is 0 Å². The second-order valence-corrected chi connectivity index (χ2v) is 10.7. The number of rotatable bonds is 7. The molecule has 2 aromatic carbocycles. The molecule has 2 heterocycles. The quantitative estimate of drug-likeness (QED) is 0.272. The number of carbonyl (C=O) groups excluding carboxylic acids is 3. The van der Waals surface area contributed by atoms with Crippen LogP contribution in [-0.2, 0) is 6.61 Å². The molecular formula is C29H26ClNO4S. The third-order valence-corrected chi connectivity index (χ3v) is 8.41. The minimum absolute atomic E-state index is 0.177. The topological polar surface area (TPSA) is 74.7 Å². The first kappa shape index (κ1) is 24.6.